The smallest absolute Gasteiger partial charge is 0.0640 e. The number of nitrogens with one attached hydrogen (secondary N) is 1. The van der Waals surface area contributed by atoms with E-state index in [-0.39, 0.29) is 0 Å². The molecular formula is C12H16N2. The molecule has 1 rings (SSSR count). The molecule has 0 amide bonds. The molecule has 0 bridgehead atoms. The summed E-state index contributed by atoms with van der Waals surface area (Å²) in [6, 6.07) is 10.4. The van der Waals surface area contributed by atoms with Gasteiger partial charge in [-0.15, -0.1) is 0 Å². The Hall–Kier alpha value is -1.49. The Kier molecular flexibility index (Phi) is 4.57. The number of hydrogen-bond acceptors (Lipinski definition) is 2. The van der Waals surface area contributed by atoms with Gasteiger partial charge >= 0.3 is 0 Å². The van der Waals surface area contributed by atoms with E-state index < -0.39 is 0 Å². The lowest BCUT2D eigenvalue weighted by molar-refractivity contribution is 0.919. The predicted octanol–water partition coefficient (Wildman–Crippen LogP) is 2.96. The molecule has 0 aliphatic rings. The second-order valence-electron chi connectivity index (χ2n) is 3.24. The number of hydrogen-bond donors (Lipinski definition) is 1. The number of aryl methyl sites for hydroxylation is 1. The monoisotopic (exact) mass is 188 g/mol. The van der Waals surface area contributed by atoms with Crippen molar-refractivity contribution in [2.75, 3.05) is 11.9 Å². The number of benzene rings is 1. The van der Waals surface area contributed by atoms with E-state index in [9.17, 15) is 0 Å². The second-order valence-corrected chi connectivity index (χ2v) is 3.24. The molecule has 0 aliphatic carbocycles. The van der Waals surface area contributed by atoms with Gasteiger partial charge in [-0.2, -0.15) is 5.26 Å². The minimum Gasteiger partial charge on any atom is -0.384 e. The van der Waals surface area contributed by atoms with Crippen molar-refractivity contribution >= 4 is 5.69 Å². The van der Waals surface area contributed by atoms with Gasteiger partial charge in [-0.05, 0) is 18.1 Å². The van der Waals surface area contributed by atoms with Crippen LogP contribution in [0.4, 0.5) is 5.69 Å². The molecule has 0 aliphatic heterocycles. The van der Waals surface area contributed by atoms with Crippen LogP contribution in [-0.2, 0) is 6.42 Å². The second kappa shape index (κ2) is 6.04. The molecule has 1 aromatic rings. The maximum absolute atomic E-state index is 8.43. The Balaban J connectivity index is 2.60. The first-order valence-corrected chi connectivity index (χ1v) is 5.07. The molecule has 14 heavy (non-hydrogen) atoms. The third kappa shape index (κ3) is 3.10. The van der Waals surface area contributed by atoms with Gasteiger partial charge in [0.25, 0.3) is 0 Å². The molecule has 0 radical (unpaired) electrons. The molecule has 1 aromatic carbocycles. The van der Waals surface area contributed by atoms with Crippen LogP contribution in [0.2, 0.25) is 0 Å². The fraction of sp³-hybridized carbons (Fsp3) is 0.417. The van der Waals surface area contributed by atoms with E-state index in [1.54, 1.807) is 0 Å². The summed E-state index contributed by atoms with van der Waals surface area (Å²) in [6.07, 6.45) is 2.80. The number of nitrogens with zero attached hydrogens (tertiary/aromatic N) is 1. The molecule has 0 saturated heterocycles. The van der Waals surface area contributed by atoms with Gasteiger partial charge in [-0.1, -0.05) is 31.5 Å². The van der Waals surface area contributed by atoms with Gasteiger partial charge in [0, 0.05) is 12.2 Å². The van der Waals surface area contributed by atoms with E-state index in [1.807, 2.05) is 6.07 Å². The Morgan fingerprint density at radius 2 is 2.14 bits per heavy atom. The van der Waals surface area contributed by atoms with E-state index in [4.69, 9.17) is 5.26 Å². The van der Waals surface area contributed by atoms with Gasteiger partial charge in [0.15, 0.2) is 0 Å². The molecule has 0 saturated carbocycles. The quantitative estimate of drug-likeness (QED) is 0.721. The average Bonchev–Trinajstić information content (AvgIpc) is 2.21. The van der Waals surface area contributed by atoms with Crippen LogP contribution < -0.4 is 5.32 Å². The molecule has 2 nitrogen and oxygen atoms in total. The zero-order valence-corrected chi connectivity index (χ0v) is 8.59. The van der Waals surface area contributed by atoms with Gasteiger partial charge in [-0.25, -0.2) is 0 Å². The van der Waals surface area contributed by atoms with Crippen LogP contribution in [-0.4, -0.2) is 6.54 Å². The van der Waals surface area contributed by atoms with Crippen LogP contribution in [0.3, 0.4) is 0 Å². The van der Waals surface area contributed by atoms with Crippen LogP contribution in [0.5, 0.6) is 0 Å². The Labute approximate surface area is 85.6 Å². The van der Waals surface area contributed by atoms with Crippen LogP contribution in [0.15, 0.2) is 24.3 Å². The zero-order chi connectivity index (χ0) is 10.2. The Morgan fingerprint density at radius 1 is 1.36 bits per heavy atom. The fourth-order valence-corrected chi connectivity index (χ4v) is 1.43. The van der Waals surface area contributed by atoms with E-state index in [2.05, 4.69) is 36.5 Å². The number of anilines is 1. The van der Waals surface area contributed by atoms with Crippen molar-refractivity contribution in [3.63, 3.8) is 0 Å². The van der Waals surface area contributed by atoms with Crippen LogP contribution >= 0.6 is 0 Å². The minimum atomic E-state index is 0.556. The molecule has 0 spiro atoms. The third-order valence-electron chi connectivity index (χ3n) is 2.09. The lowest BCUT2D eigenvalue weighted by Crippen LogP contribution is -2.03. The van der Waals surface area contributed by atoms with Crippen LogP contribution in [0.25, 0.3) is 0 Å². The summed E-state index contributed by atoms with van der Waals surface area (Å²) in [7, 11) is 0. The lowest BCUT2D eigenvalue weighted by Gasteiger charge is -2.09. The van der Waals surface area contributed by atoms with Crippen molar-refractivity contribution < 1.29 is 0 Å². The largest absolute Gasteiger partial charge is 0.384 e. The summed E-state index contributed by atoms with van der Waals surface area (Å²) in [5.74, 6) is 0. The van der Waals surface area contributed by atoms with Crippen molar-refractivity contribution in [2.45, 2.75) is 26.2 Å². The van der Waals surface area contributed by atoms with Gasteiger partial charge in [0.1, 0.15) is 0 Å². The maximum Gasteiger partial charge on any atom is 0.0640 e. The molecule has 0 atom stereocenters. The summed E-state index contributed by atoms with van der Waals surface area (Å²) in [5.41, 5.74) is 2.51. The number of nitriles is 1. The summed E-state index contributed by atoms with van der Waals surface area (Å²) >= 11 is 0. The van der Waals surface area contributed by atoms with Crippen molar-refractivity contribution in [1.29, 1.82) is 5.26 Å². The van der Waals surface area contributed by atoms with Crippen LogP contribution in [0.1, 0.15) is 25.3 Å². The highest BCUT2D eigenvalue weighted by Gasteiger charge is 1.98. The fourth-order valence-electron chi connectivity index (χ4n) is 1.43. The maximum atomic E-state index is 8.43. The first kappa shape index (κ1) is 10.6. The molecule has 0 heterocycles. The standard InChI is InChI=1S/C12H16N2/c1-2-6-11-7-3-4-8-12(11)14-10-5-9-13/h3-4,7-8,14H,2,5-6,10H2,1H3. The average molecular weight is 188 g/mol. The van der Waals surface area contributed by atoms with E-state index in [0.29, 0.717) is 6.42 Å². The van der Waals surface area contributed by atoms with Crippen molar-refractivity contribution in [2.24, 2.45) is 0 Å². The zero-order valence-electron chi connectivity index (χ0n) is 8.59. The first-order chi connectivity index (χ1) is 6.88. The number of rotatable bonds is 5. The van der Waals surface area contributed by atoms with Crippen molar-refractivity contribution in [3.05, 3.63) is 29.8 Å². The highest BCUT2D eigenvalue weighted by molar-refractivity contribution is 5.51. The van der Waals surface area contributed by atoms with Gasteiger partial charge < -0.3 is 5.32 Å². The molecule has 0 fully saturated rings. The Bertz CT molecular complexity index is 312. The lowest BCUT2D eigenvalue weighted by atomic mass is 10.1. The SMILES string of the molecule is CCCc1ccccc1NCCC#N. The van der Waals surface area contributed by atoms with Gasteiger partial charge in [-0.3, -0.25) is 0 Å². The molecule has 0 unspecified atom stereocenters. The van der Waals surface area contributed by atoms with Gasteiger partial charge in [0.05, 0.1) is 12.5 Å². The first-order valence-electron chi connectivity index (χ1n) is 5.07. The third-order valence-corrected chi connectivity index (χ3v) is 2.09. The predicted molar refractivity (Wildman–Crippen MR) is 59.2 cm³/mol. The van der Waals surface area contributed by atoms with Crippen molar-refractivity contribution in [3.8, 4) is 6.07 Å². The summed E-state index contributed by atoms with van der Waals surface area (Å²) in [5, 5.41) is 11.7. The molecule has 0 aromatic heterocycles. The summed E-state index contributed by atoms with van der Waals surface area (Å²) in [6.45, 7) is 2.91. The van der Waals surface area contributed by atoms with E-state index in [1.165, 1.54) is 11.3 Å². The van der Waals surface area contributed by atoms with E-state index in [0.717, 1.165) is 19.4 Å². The van der Waals surface area contributed by atoms with E-state index >= 15 is 0 Å². The Morgan fingerprint density at radius 3 is 2.86 bits per heavy atom. The number of para-hydroxylation sites is 1. The summed E-state index contributed by atoms with van der Waals surface area (Å²) in [4.78, 5) is 0. The van der Waals surface area contributed by atoms with Gasteiger partial charge in [0.2, 0.25) is 0 Å². The molecular weight excluding hydrogens is 172 g/mol. The summed E-state index contributed by atoms with van der Waals surface area (Å²) < 4.78 is 0. The highest BCUT2D eigenvalue weighted by atomic mass is 14.9. The minimum absolute atomic E-state index is 0.556. The van der Waals surface area contributed by atoms with Crippen molar-refractivity contribution in [1.82, 2.24) is 0 Å². The van der Waals surface area contributed by atoms with Crippen LogP contribution in [0, 0.1) is 11.3 Å². The normalized spacial score (nSPS) is 9.43. The molecule has 1 N–H and O–H groups in total. The molecule has 2 heteroatoms. The highest BCUT2D eigenvalue weighted by Crippen LogP contribution is 2.16. The molecule has 74 valence electrons. The topological polar surface area (TPSA) is 35.8 Å².